The molecule has 0 radical (unpaired) electrons. The maximum absolute atomic E-state index is 13.1. The summed E-state index contributed by atoms with van der Waals surface area (Å²) in [5.74, 6) is -1.56. The molecule has 0 bridgehead atoms. The van der Waals surface area contributed by atoms with E-state index in [9.17, 15) is 43.5 Å². The number of carbonyl (C=O) groups excluding carboxylic acids is 3. The van der Waals surface area contributed by atoms with Gasteiger partial charge in [-0.05, 0) is 161 Å². The van der Waals surface area contributed by atoms with Gasteiger partial charge >= 0.3 is 33.6 Å². The van der Waals surface area contributed by atoms with Gasteiger partial charge in [-0.2, -0.15) is 0 Å². The largest absolute Gasteiger partial charge is 0.472 e. The van der Waals surface area contributed by atoms with Gasteiger partial charge in [0.2, 0.25) is 0 Å². The van der Waals surface area contributed by atoms with Crippen LogP contribution in [0.25, 0.3) is 0 Å². The molecule has 16 nitrogen and oxygen atoms in total. The second-order valence-electron chi connectivity index (χ2n) is 35.3. The highest BCUT2D eigenvalue weighted by Gasteiger charge is 2.30. The van der Waals surface area contributed by atoms with Crippen molar-refractivity contribution in [2.75, 3.05) is 39.6 Å². The highest BCUT2D eigenvalue weighted by molar-refractivity contribution is 7.47. The Kier molecular flexibility index (Phi) is 99.3. The number of phosphoric acid groups is 2. The maximum Gasteiger partial charge on any atom is 0.472 e. The predicted octanol–water partition coefficient (Wildman–Crippen LogP) is 33.9. The lowest BCUT2D eigenvalue weighted by atomic mass is 10.0. The third kappa shape index (κ3) is 105. The maximum atomic E-state index is 13.1. The molecule has 0 saturated heterocycles. The van der Waals surface area contributed by atoms with Crippen molar-refractivity contribution in [1.82, 2.24) is 0 Å². The van der Waals surface area contributed by atoms with Gasteiger partial charge in [0.15, 0.2) is 6.10 Å². The average Bonchev–Trinajstić information content (AvgIpc) is 0.891. The fraction of sp³-hybridized carbons (Fsp3) is 0.708. The van der Waals surface area contributed by atoms with E-state index >= 15 is 0 Å². The zero-order valence-electron chi connectivity index (χ0n) is 83.5. The minimum atomic E-state index is -4.95. The van der Waals surface area contributed by atoms with Crippen molar-refractivity contribution in [3.8, 4) is 0 Å². The van der Waals surface area contributed by atoms with E-state index in [-0.39, 0.29) is 19.3 Å². The Balaban J connectivity index is 4.59. The molecule has 0 amide bonds. The fourth-order valence-corrected chi connectivity index (χ4v) is 16.2. The van der Waals surface area contributed by atoms with E-state index in [1.54, 1.807) is 0 Å². The number of aliphatic hydroxyl groups excluding tert-OH is 2. The smallest absolute Gasteiger partial charge is 0.463 e. The molecule has 0 aliphatic carbocycles. The molecule has 0 aromatic carbocycles. The van der Waals surface area contributed by atoms with Gasteiger partial charge in [-0.25, -0.2) is 9.13 Å². The van der Waals surface area contributed by atoms with E-state index in [4.69, 9.17) is 32.3 Å². The lowest BCUT2D eigenvalue weighted by Crippen LogP contribution is -2.30. The molecule has 5 atom stereocenters. The molecule has 0 aliphatic rings. The monoisotopic (exact) mass is 1870 g/mol. The lowest BCUT2D eigenvalue weighted by Gasteiger charge is -2.21. The summed E-state index contributed by atoms with van der Waals surface area (Å²) in [5, 5.41) is 20.8. The van der Waals surface area contributed by atoms with E-state index in [0.717, 1.165) is 173 Å². The van der Waals surface area contributed by atoms with Crippen LogP contribution in [0.4, 0.5) is 0 Å². The van der Waals surface area contributed by atoms with Crippen molar-refractivity contribution < 1.29 is 75.8 Å². The first-order valence-corrected chi connectivity index (χ1v) is 56.1. The van der Waals surface area contributed by atoms with Crippen molar-refractivity contribution in [2.24, 2.45) is 0 Å². The summed E-state index contributed by atoms with van der Waals surface area (Å²) in [5.41, 5.74) is 0. The van der Waals surface area contributed by atoms with Gasteiger partial charge in [0, 0.05) is 19.3 Å². The number of ether oxygens (including phenoxy) is 3. The number of rotatable bonds is 100. The van der Waals surface area contributed by atoms with Crippen molar-refractivity contribution in [1.29, 1.82) is 0 Å². The van der Waals surface area contributed by atoms with E-state index in [2.05, 4.69) is 203 Å². The topological polar surface area (TPSA) is 231 Å². The van der Waals surface area contributed by atoms with Crippen LogP contribution in [0, 0.1) is 0 Å². The quantitative estimate of drug-likeness (QED) is 0.0146. The van der Waals surface area contributed by atoms with Gasteiger partial charge < -0.3 is 34.2 Å². The highest BCUT2D eigenvalue weighted by atomic mass is 31.2. The molecule has 0 rings (SSSR count). The van der Waals surface area contributed by atoms with Gasteiger partial charge in [-0.1, -0.05) is 460 Å². The van der Waals surface area contributed by atoms with Crippen LogP contribution in [0.1, 0.15) is 457 Å². The Labute approximate surface area is 802 Å². The molecule has 0 saturated carbocycles. The van der Waals surface area contributed by atoms with Crippen molar-refractivity contribution >= 4 is 33.6 Å². The van der Waals surface area contributed by atoms with Crippen molar-refractivity contribution in [3.05, 3.63) is 182 Å². The molecule has 0 fully saturated rings. The summed E-state index contributed by atoms with van der Waals surface area (Å²) in [6.45, 7) is 2.51. The zero-order chi connectivity index (χ0) is 95.0. The van der Waals surface area contributed by atoms with Gasteiger partial charge in [-0.15, -0.1) is 0 Å². The molecule has 0 aliphatic heterocycles. The van der Waals surface area contributed by atoms with Crippen LogP contribution in [-0.4, -0.2) is 95.9 Å². The summed E-state index contributed by atoms with van der Waals surface area (Å²) in [7, 11) is -9.82. The number of unbranched alkanes of at least 4 members (excludes halogenated alkanes) is 47. The first kappa shape index (κ1) is 126. The fourth-order valence-electron chi connectivity index (χ4n) is 14.7. The SMILES string of the molecule is CC/C=C\C/C=C\C/C=C\C/C=C\C/C=C\C/C=C\CCCCCCCCCCCCCCC(=O)OCC(COP(=O)(O)OCC(O)COP(=O)(O)OCC(O)COC(=O)CCCCCCCCCCCCCCCCCCCCC/C=C\C/C=C\C/C=C\C/C=C\C/C=C\CC)OC(=O)CCCCCCCCCCCCCCC/C=C\C/C=C\C/C=C\C/C=C\CCCCC. The van der Waals surface area contributed by atoms with Crippen LogP contribution in [-0.2, 0) is 55.8 Å². The minimum absolute atomic E-state index is 0.0994. The predicted molar refractivity (Wildman–Crippen MR) is 555 cm³/mol. The molecule has 0 aromatic heterocycles. The number of esters is 3. The van der Waals surface area contributed by atoms with Crippen LogP contribution >= 0.6 is 15.6 Å². The lowest BCUT2D eigenvalue weighted by molar-refractivity contribution is -0.161. The Morgan fingerprint density at radius 3 is 0.641 bits per heavy atom. The second kappa shape index (κ2) is 104. The van der Waals surface area contributed by atoms with E-state index < -0.39 is 91.5 Å². The number of carbonyl (C=O) groups is 3. The van der Waals surface area contributed by atoms with Gasteiger partial charge in [0.1, 0.15) is 25.4 Å². The van der Waals surface area contributed by atoms with E-state index in [1.807, 2.05) is 0 Å². The Morgan fingerprint density at radius 1 is 0.221 bits per heavy atom. The molecular formula is C113H194O16P2. The zero-order valence-corrected chi connectivity index (χ0v) is 85.2. The van der Waals surface area contributed by atoms with Gasteiger partial charge in [-0.3, -0.25) is 32.5 Å². The van der Waals surface area contributed by atoms with Gasteiger partial charge in [0.25, 0.3) is 0 Å². The molecule has 18 heteroatoms. The summed E-state index contributed by atoms with van der Waals surface area (Å²) >= 11 is 0. The summed E-state index contributed by atoms with van der Waals surface area (Å²) in [4.78, 5) is 59.3. The number of hydrogen-bond acceptors (Lipinski definition) is 14. The number of hydrogen-bond donors (Lipinski definition) is 4. The van der Waals surface area contributed by atoms with Crippen LogP contribution in [0.2, 0.25) is 0 Å². The first-order chi connectivity index (χ1) is 64.2. The summed E-state index contributed by atoms with van der Waals surface area (Å²) < 4.78 is 61.8. The molecule has 0 aromatic rings. The molecule has 5 unspecified atom stereocenters. The van der Waals surface area contributed by atoms with Crippen LogP contribution in [0.3, 0.4) is 0 Å². The second-order valence-corrected chi connectivity index (χ2v) is 38.2. The van der Waals surface area contributed by atoms with Gasteiger partial charge in [0.05, 0.1) is 26.4 Å². The molecule has 4 N–H and O–H groups in total. The van der Waals surface area contributed by atoms with Crippen molar-refractivity contribution in [3.63, 3.8) is 0 Å². The third-order valence-electron chi connectivity index (χ3n) is 22.6. The number of phosphoric ester groups is 2. The average molecular weight is 1870 g/mol. The standard InChI is InChI=1S/C113H194O16P2/c1-4-7-10-13-16-19-22-25-28-31-34-37-40-43-46-49-51-52-53-54-56-59-60-63-66-69-72-75-78-81-84-87-90-93-96-99-111(116)123-102-108(114)103-125-130(119,120)126-104-109(115)105-127-131(121,122)128-107-110(129-113(118)101-98-95-92-89-86-83-80-77-74-71-68-65-62-57-48-45-42-39-36-33-30-27-24-21-18-15-12-9-6-3)106-124-112(117)100-97-94-91-88-85-82-79-76-73-70-67-64-61-58-55-50-47-44-41-38-35-32-29-26-23-20-17-14-11-8-5-2/h7-8,10-11,16-21,25-30,34-39,43-48,55,58,108-110,114-115H,4-6,9,12-15,22-24,31-33,40-42,49-54,56-57,59-107H2,1-3H3,(H,119,120)(H,121,122)/b10-7-,11-8-,19-16-,20-17-,21-18-,28-25-,29-26-,30-27-,37-34-,38-35-,39-36-,46-43-,47-44-,48-45-,58-55-. The summed E-state index contributed by atoms with van der Waals surface area (Å²) in [6, 6.07) is 0. The van der Waals surface area contributed by atoms with E-state index in [0.29, 0.717) is 19.3 Å². The van der Waals surface area contributed by atoms with Crippen LogP contribution in [0.5, 0.6) is 0 Å². The molecule has 752 valence electrons. The summed E-state index contributed by atoms with van der Waals surface area (Å²) in [6.07, 6.45) is 138. The van der Waals surface area contributed by atoms with Crippen LogP contribution in [0.15, 0.2) is 182 Å². The third-order valence-corrected chi connectivity index (χ3v) is 24.5. The van der Waals surface area contributed by atoms with Crippen molar-refractivity contribution in [2.45, 2.75) is 476 Å². The number of aliphatic hydroxyl groups is 2. The molecule has 0 heterocycles. The highest BCUT2D eigenvalue weighted by Crippen LogP contribution is 2.45. The number of allylic oxidation sites excluding steroid dienone is 30. The Morgan fingerprint density at radius 2 is 0.405 bits per heavy atom. The first-order valence-electron chi connectivity index (χ1n) is 53.1. The normalized spacial score (nSPS) is 14.3. The van der Waals surface area contributed by atoms with E-state index in [1.165, 1.54) is 225 Å². The molecular weight excluding hydrogens is 1680 g/mol. The molecule has 0 spiro atoms. The van der Waals surface area contributed by atoms with Crippen LogP contribution < -0.4 is 0 Å². The molecule has 131 heavy (non-hydrogen) atoms. The Hall–Kier alpha value is -5.35. The Bertz CT molecular complexity index is 3110. The minimum Gasteiger partial charge on any atom is -0.463 e.